The van der Waals surface area contributed by atoms with Crippen LogP contribution in [0.15, 0.2) is 18.5 Å². The summed E-state index contributed by atoms with van der Waals surface area (Å²) in [6, 6.07) is 1.11. The van der Waals surface area contributed by atoms with Crippen LogP contribution in [-0.4, -0.2) is 58.5 Å². The molecule has 1 N–H and O–H groups in total. The number of aromatic nitrogens is 2. The van der Waals surface area contributed by atoms with E-state index in [1.165, 1.54) is 0 Å². The Kier molecular flexibility index (Phi) is 4.79. The van der Waals surface area contributed by atoms with Gasteiger partial charge in [-0.05, 0) is 18.9 Å². The highest BCUT2D eigenvalue weighted by Gasteiger charge is 2.37. The van der Waals surface area contributed by atoms with Crippen LogP contribution in [0.2, 0.25) is 0 Å². The maximum absolute atomic E-state index is 13.4. The Balaban J connectivity index is 1.50. The van der Waals surface area contributed by atoms with Gasteiger partial charge >= 0.3 is 6.03 Å². The molecule has 2 atom stereocenters. The molecule has 2 heterocycles. The van der Waals surface area contributed by atoms with E-state index in [1.54, 1.807) is 15.8 Å². The van der Waals surface area contributed by atoms with E-state index in [-0.39, 0.29) is 25.0 Å². The Hall–Kier alpha value is -1.70. The van der Waals surface area contributed by atoms with Crippen molar-refractivity contribution in [1.29, 1.82) is 0 Å². The minimum absolute atomic E-state index is 0.0805. The van der Waals surface area contributed by atoms with E-state index in [4.69, 9.17) is 4.74 Å². The zero-order valence-corrected chi connectivity index (χ0v) is 13.0. The van der Waals surface area contributed by atoms with Crippen LogP contribution in [0.25, 0.3) is 0 Å². The smallest absolute Gasteiger partial charge is 0.317 e. The number of alkyl halides is 2. The number of carbonyl (C=O) groups excluding carboxylic acids is 1. The van der Waals surface area contributed by atoms with Gasteiger partial charge in [-0.25, -0.2) is 13.6 Å². The van der Waals surface area contributed by atoms with E-state index in [2.05, 4.69) is 10.4 Å². The van der Waals surface area contributed by atoms with Gasteiger partial charge in [0.05, 0.1) is 25.8 Å². The maximum Gasteiger partial charge on any atom is 0.317 e. The fraction of sp³-hybridized carbons (Fsp3) is 0.733. The van der Waals surface area contributed by atoms with Crippen LogP contribution < -0.4 is 5.32 Å². The van der Waals surface area contributed by atoms with Crippen molar-refractivity contribution >= 4 is 6.03 Å². The van der Waals surface area contributed by atoms with E-state index in [9.17, 15) is 13.6 Å². The van der Waals surface area contributed by atoms with Crippen LogP contribution in [0, 0.1) is 0 Å². The Morgan fingerprint density at radius 2 is 2.35 bits per heavy atom. The summed E-state index contributed by atoms with van der Waals surface area (Å²) < 4.78 is 34.3. The first kappa shape index (κ1) is 16.2. The SMILES string of the molecule is O=C(NC1CCCC(F)(F)C1)N1CCOC(Cn2cccn2)C1. The van der Waals surface area contributed by atoms with Crippen molar-refractivity contribution in [2.75, 3.05) is 19.7 Å². The van der Waals surface area contributed by atoms with E-state index >= 15 is 0 Å². The molecule has 2 unspecified atom stereocenters. The van der Waals surface area contributed by atoms with Crippen molar-refractivity contribution in [3.8, 4) is 0 Å². The molecule has 2 amide bonds. The number of morpholine rings is 1. The van der Waals surface area contributed by atoms with Gasteiger partial charge in [-0.15, -0.1) is 0 Å². The number of ether oxygens (including phenoxy) is 1. The number of carbonyl (C=O) groups is 1. The number of rotatable bonds is 3. The van der Waals surface area contributed by atoms with Gasteiger partial charge in [0.1, 0.15) is 0 Å². The summed E-state index contributed by atoms with van der Waals surface area (Å²) in [6.07, 6.45) is 4.11. The molecule has 1 aromatic heterocycles. The number of nitrogens with zero attached hydrogens (tertiary/aromatic N) is 3. The normalized spacial score (nSPS) is 27.7. The van der Waals surface area contributed by atoms with Crippen LogP contribution in [-0.2, 0) is 11.3 Å². The standard InChI is InChI=1S/C15H22F2N4O2/c16-15(17)4-1-3-12(9-15)19-14(22)20-7-8-23-13(10-20)11-21-6-2-5-18-21/h2,5-6,12-13H,1,3-4,7-11H2,(H,19,22). The largest absolute Gasteiger partial charge is 0.373 e. The molecule has 3 rings (SSSR count). The molecule has 1 saturated heterocycles. The second-order valence-corrected chi connectivity index (χ2v) is 6.27. The van der Waals surface area contributed by atoms with Crippen LogP contribution in [0.1, 0.15) is 25.7 Å². The summed E-state index contributed by atoms with van der Waals surface area (Å²) in [4.78, 5) is 14.0. The van der Waals surface area contributed by atoms with Crippen molar-refractivity contribution in [2.45, 2.75) is 50.3 Å². The molecule has 2 fully saturated rings. The van der Waals surface area contributed by atoms with Crippen LogP contribution in [0.5, 0.6) is 0 Å². The van der Waals surface area contributed by atoms with Crippen molar-refractivity contribution in [2.24, 2.45) is 0 Å². The first-order chi connectivity index (χ1) is 11.0. The van der Waals surface area contributed by atoms with Crippen molar-refractivity contribution < 1.29 is 18.3 Å². The molecule has 1 aliphatic heterocycles. The number of hydrogen-bond acceptors (Lipinski definition) is 3. The monoisotopic (exact) mass is 328 g/mol. The van der Waals surface area contributed by atoms with Gasteiger partial charge < -0.3 is 15.0 Å². The fourth-order valence-electron chi connectivity index (χ4n) is 3.19. The number of nitrogens with one attached hydrogen (secondary N) is 1. The number of amides is 2. The van der Waals surface area contributed by atoms with Gasteiger partial charge in [0.25, 0.3) is 0 Å². The molecule has 2 aliphatic rings. The van der Waals surface area contributed by atoms with Crippen molar-refractivity contribution in [3.05, 3.63) is 18.5 Å². The summed E-state index contributed by atoms with van der Waals surface area (Å²) in [6.45, 7) is 1.93. The minimum Gasteiger partial charge on any atom is -0.373 e. The van der Waals surface area contributed by atoms with Gasteiger partial charge in [0.15, 0.2) is 0 Å². The molecule has 0 spiro atoms. The zero-order valence-electron chi connectivity index (χ0n) is 13.0. The first-order valence-electron chi connectivity index (χ1n) is 8.04. The highest BCUT2D eigenvalue weighted by Crippen LogP contribution is 2.33. The lowest BCUT2D eigenvalue weighted by Gasteiger charge is -2.35. The second kappa shape index (κ2) is 6.82. The number of hydrogen-bond donors (Lipinski definition) is 1. The minimum atomic E-state index is -2.66. The second-order valence-electron chi connectivity index (χ2n) is 6.27. The average Bonchev–Trinajstić information content (AvgIpc) is 2.99. The van der Waals surface area contributed by atoms with Crippen LogP contribution in [0.3, 0.4) is 0 Å². The predicted molar refractivity (Wildman–Crippen MR) is 79.3 cm³/mol. The molecular weight excluding hydrogens is 306 g/mol. The van der Waals surface area contributed by atoms with Crippen molar-refractivity contribution in [3.63, 3.8) is 0 Å². The Morgan fingerprint density at radius 3 is 3.09 bits per heavy atom. The van der Waals surface area contributed by atoms with Gasteiger partial charge in [-0.1, -0.05) is 0 Å². The predicted octanol–water partition coefficient (Wildman–Crippen LogP) is 1.87. The highest BCUT2D eigenvalue weighted by atomic mass is 19.3. The summed E-state index contributed by atoms with van der Waals surface area (Å²) in [5, 5.41) is 6.88. The van der Waals surface area contributed by atoms with Gasteiger partial charge in [-0.2, -0.15) is 5.10 Å². The Bertz CT molecular complexity index is 524. The molecule has 8 heteroatoms. The van der Waals surface area contributed by atoms with E-state index in [0.29, 0.717) is 39.1 Å². The van der Waals surface area contributed by atoms with E-state index < -0.39 is 12.0 Å². The van der Waals surface area contributed by atoms with Gasteiger partial charge in [0, 0.05) is 37.8 Å². The third-order valence-electron chi connectivity index (χ3n) is 4.34. The lowest BCUT2D eigenvalue weighted by atomic mass is 9.92. The van der Waals surface area contributed by atoms with Crippen LogP contribution >= 0.6 is 0 Å². The first-order valence-corrected chi connectivity index (χ1v) is 8.04. The summed E-state index contributed by atoms with van der Waals surface area (Å²) >= 11 is 0. The highest BCUT2D eigenvalue weighted by molar-refractivity contribution is 5.74. The molecule has 128 valence electrons. The molecule has 23 heavy (non-hydrogen) atoms. The third-order valence-corrected chi connectivity index (χ3v) is 4.34. The van der Waals surface area contributed by atoms with Gasteiger partial charge in [0.2, 0.25) is 5.92 Å². The molecule has 6 nitrogen and oxygen atoms in total. The molecule has 1 aromatic rings. The summed E-state index contributed by atoms with van der Waals surface area (Å²) in [5.41, 5.74) is 0. The van der Waals surface area contributed by atoms with Crippen molar-refractivity contribution in [1.82, 2.24) is 20.0 Å². The Morgan fingerprint density at radius 1 is 1.48 bits per heavy atom. The lowest BCUT2D eigenvalue weighted by molar-refractivity contribution is -0.0453. The molecule has 1 saturated carbocycles. The average molecular weight is 328 g/mol. The fourth-order valence-corrected chi connectivity index (χ4v) is 3.19. The topological polar surface area (TPSA) is 59.4 Å². The molecule has 0 radical (unpaired) electrons. The Labute approximate surface area is 133 Å². The molecule has 0 aromatic carbocycles. The third kappa shape index (κ3) is 4.40. The lowest BCUT2D eigenvalue weighted by Crippen LogP contribution is -2.53. The van der Waals surface area contributed by atoms with E-state index in [1.807, 2.05) is 12.3 Å². The number of urea groups is 1. The summed E-state index contributed by atoms with van der Waals surface area (Å²) in [7, 11) is 0. The van der Waals surface area contributed by atoms with Crippen LogP contribution in [0.4, 0.5) is 13.6 Å². The van der Waals surface area contributed by atoms with Gasteiger partial charge in [-0.3, -0.25) is 4.68 Å². The quantitative estimate of drug-likeness (QED) is 0.921. The maximum atomic E-state index is 13.4. The van der Waals surface area contributed by atoms with E-state index in [0.717, 1.165) is 0 Å². The molecule has 1 aliphatic carbocycles. The molecular formula is C15H22F2N4O2. The number of halogens is 2. The summed E-state index contributed by atoms with van der Waals surface area (Å²) in [5.74, 6) is -2.66. The zero-order chi connectivity index (χ0) is 16.3. The molecule has 0 bridgehead atoms.